The molecule has 0 aromatic rings. The lowest BCUT2D eigenvalue weighted by atomic mass is 10.1. The van der Waals surface area contributed by atoms with Crippen LogP contribution in [0.4, 0.5) is 0 Å². The van der Waals surface area contributed by atoms with Gasteiger partial charge in [-0.1, -0.05) is 44.9 Å². The van der Waals surface area contributed by atoms with Crippen molar-refractivity contribution in [3.05, 3.63) is 0 Å². The fourth-order valence-corrected chi connectivity index (χ4v) is 1.80. The van der Waals surface area contributed by atoms with Gasteiger partial charge < -0.3 is 4.79 Å². The lowest BCUT2D eigenvalue weighted by Gasteiger charge is -2.00. The van der Waals surface area contributed by atoms with E-state index in [9.17, 15) is 4.79 Å². The molecule has 1 heteroatoms. The fourth-order valence-electron chi connectivity index (χ4n) is 1.80. The highest BCUT2D eigenvalue weighted by Gasteiger charge is 1.92. The number of rotatable bonds is 11. The smallest absolute Gasteiger partial charge is 0.119 e. The van der Waals surface area contributed by atoms with Crippen LogP contribution in [0.3, 0.4) is 0 Å². The first-order valence-electron chi connectivity index (χ1n) is 6.75. The van der Waals surface area contributed by atoms with Crippen LogP contribution in [0.2, 0.25) is 0 Å². The Morgan fingerprint density at radius 2 is 1.31 bits per heavy atom. The summed E-state index contributed by atoms with van der Waals surface area (Å²) >= 11 is 0. The van der Waals surface area contributed by atoms with Crippen LogP contribution in [-0.2, 0) is 4.79 Å². The van der Waals surface area contributed by atoms with Gasteiger partial charge in [-0.15, -0.1) is 11.8 Å². The molecule has 0 atom stereocenters. The van der Waals surface area contributed by atoms with Crippen LogP contribution in [0.1, 0.15) is 77.6 Å². The van der Waals surface area contributed by atoms with Gasteiger partial charge in [-0.25, -0.2) is 0 Å². The Labute approximate surface area is 101 Å². The van der Waals surface area contributed by atoms with Crippen LogP contribution < -0.4 is 0 Å². The van der Waals surface area contributed by atoms with E-state index >= 15 is 0 Å². The molecule has 0 aromatic heterocycles. The predicted molar refractivity (Wildman–Crippen MR) is 70.3 cm³/mol. The minimum atomic E-state index is 0.748. The molecule has 0 radical (unpaired) electrons. The monoisotopic (exact) mass is 222 g/mol. The Bertz CT molecular complexity index is 197. The van der Waals surface area contributed by atoms with Crippen molar-refractivity contribution in [2.45, 2.75) is 77.6 Å². The van der Waals surface area contributed by atoms with E-state index < -0.39 is 0 Å². The second-order valence-corrected chi connectivity index (χ2v) is 4.31. The van der Waals surface area contributed by atoms with Crippen molar-refractivity contribution in [1.82, 2.24) is 0 Å². The Morgan fingerprint density at radius 3 is 1.81 bits per heavy atom. The van der Waals surface area contributed by atoms with Gasteiger partial charge in [0.1, 0.15) is 6.29 Å². The zero-order valence-electron chi connectivity index (χ0n) is 10.8. The van der Waals surface area contributed by atoms with Crippen molar-refractivity contribution in [3.63, 3.8) is 0 Å². The first-order chi connectivity index (χ1) is 7.91. The summed E-state index contributed by atoms with van der Waals surface area (Å²) in [5.41, 5.74) is 0. The summed E-state index contributed by atoms with van der Waals surface area (Å²) < 4.78 is 0. The molecule has 0 aliphatic heterocycles. The second kappa shape index (κ2) is 14.2. The predicted octanol–water partition coefficient (Wildman–Crippen LogP) is 4.50. The van der Waals surface area contributed by atoms with Crippen molar-refractivity contribution >= 4 is 6.29 Å². The van der Waals surface area contributed by atoms with Crippen LogP contribution in [0, 0.1) is 11.8 Å². The minimum Gasteiger partial charge on any atom is -0.303 e. The maximum absolute atomic E-state index is 10.1. The molecule has 92 valence electrons. The van der Waals surface area contributed by atoms with E-state index in [-0.39, 0.29) is 0 Å². The van der Waals surface area contributed by atoms with E-state index in [1.165, 1.54) is 51.4 Å². The highest BCUT2D eigenvalue weighted by atomic mass is 16.1. The minimum absolute atomic E-state index is 0.748. The van der Waals surface area contributed by atoms with Gasteiger partial charge in [0.2, 0.25) is 0 Å². The maximum atomic E-state index is 10.1. The molecule has 1 nitrogen and oxygen atoms in total. The molecule has 0 heterocycles. The topological polar surface area (TPSA) is 17.1 Å². The lowest BCUT2D eigenvalue weighted by molar-refractivity contribution is -0.107. The van der Waals surface area contributed by atoms with Gasteiger partial charge in [0.05, 0.1) is 0 Å². The Hall–Kier alpha value is -0.770. The molecular weight excluding hydrogens is 196 g/mol. The van der Waals surface area contributed by atoms with E-state index in [1.54, 1.807) is 0 Å². The van der Waals surface area contributed by atoms with Crippen LogP contribution >= 0.6 is 0 Å². The molecule has 0 bridgehead atoms. The maximum Gasteiger partial charge on any atom is 0.119 e. The number of carbonyl (C=O) groups excluding carboxylic acids is 1. The summed E-state index contributed by atoms with van der Waals surface area (Å²) in [5, 5.41) is 0. The molecule has 0 saturated heterocycles. The summed E-state index contributed by atoms with van der Waals surface area (Å²) in [5.74, 6) is 6.03. The lowest BCUT2D eigenvalue weighted by Crippen LogP contribution is -1.82. The molecule has 0 rings (SSSR count). The first kappa shape index (κ1) is 15.2. The standard InChI is InChI=1S/C15H26O/c1-2-3-4-5-6-7-8-9-10-11-12-13-14-15-16/h15H,4-14H2,1H3. The molecule has 0 spiro atoms. The highest BCUT2D eigenvalue weighted by Crippen LogP contribution is 2.10. The third-order valence-corrected chi connectivity index (χ3v) is 2.80. The van der Waals surface area contributed by atoms with Gasteiger partial charge in [0, 0.05) is 12.8 Å². The van der Waals surface area contributed by atoms with E-state index in [0.717, 1.165) is 25.5 Å². The molecule has 0 fully saturated rings. The first-order valence-corrected chi connectivity index (χ1v) is 6.75. The molecule has 0 aliphatic rings. The average Bonchev–Trinajstić information content (AvgIpc) is 2.31. The van der Waals surface area contributed by atoms with Crippen molar-refractivity contribution in [2.24, 2.45) is 0 Å². The quantitative estimate of drug-likeness (QED) is 0.286. The van der Waals surface area contributed by atoms with Crippen LogP contribution in [0.15, 0.2) is 0 Å². The summed E-state index contributed by atoms with van der Waals surface area (Å²) in [6, 6.07) is 0. The van der Waals surface area contributed by atoms with E-state index in [2.05, 4.69) is 11.8 Å². The summed E-state index contributed by atoms with van der Waals surface area (Å²) in [4.78, 5) is 10.1. The zero-order valence-corrected chi connectivity index (χ0v) is 10.8. The third-order valence-electron chi connectivity index (χ3n) is 2.80. The van der Waals surface area contributed by atoms with E-state index in [0.29, 0.717) is 0 Å². The van der Waals surface area contributed by atoms with Crippen molar-refractivity contribution in [2.75, 3.05) is 0 Å². The van der Waals surface area contributed by atoms with Gasteiger partial charge >= 0.3 is 0 Å². The largest absolute Gasteiger partial charge is 0.303 e. The number of unbranched alkanes of at least 4 members (excludes halogenated alkanes) is 10. The van der Waals surface area contributed by atoms with E-state index in [4.69, 9.17) is 0 Å². The Balaban J connectivity index is 2.92. The number of aldehydes is 1. The molecule has 0 saturated carbocycles. The van der Waals surface area contributed by atoms with Crippen molar-refractivity contribution in [3.8, 4) is 11.8 Å². The van der Waals surface area contributed by atoms with Gasteiger partial charge in [-0.3, -0.25) is 0 Å². The van der Waals surface area contributed by atoms with Crippen LogP contribution in [-0.4, -0.2) is 6.29 Å². The van der Waals surface area contributed by atoms with Gasteiger partial charge in [0.15, 0.2) is 0 Å². The normalized spacial score (nSPS) is 9.56. The fraction of sp³-hybridized carbons (Fsp3) is 0.800. The summed E-state index contributed by atoms with van der Waals surface area (Å²) in [7, 11) is 0. The molecule has 0 amide bonds. The Kier molecular flexibility index (Phi) is 13.5. The molecule has 0 aliphatic carbocycles. The van der Waals surface area contributed by atoms with Crippen LogP contribution in [0.25, 0.3) is 0 Å². The highest BCUT2D eigenvalue weighted by molar-refractivity contribution is 5.48. The molecular formula is C15H26O. The SMILES string of the molecule is CC#CCCCCCCCCCCCC=O. The third kappa shape index (κ3) is 13.2. The number of hydrogen-bond donors (Lipinski definition) is 0. The zero-order chi connectivity index (χ0) is 11.9. The van der Waals surface area contributed by atoms with Gasteiger partial charge in [-0.2, -0.15) is 0 Å². The van der Waals surface area contributed by atoms with Crippen molar-refractivity contribution in [1.29, 1.82) is 0 Å². The second-order valence-electron chi connectivity index (χ2n) is 4.31. The Morgan fingerprint density at radius 1 is 0.812 bits per heavy atom. The molecule has 16 heavy (non-hydrogen) atoms. The molecule has 0 unspecified atom stereocenters. The van der Waals surface area contributed by atoms with Crippen molar-refractivity contribution < 1.29 is 4.79 Å². The summed E-state index contributed by atoms with van der Waals surface area (Å²) in [6.45, 7) is 1.91. The molecule has 0 aromatic carbocycles. The van der Waals surface area contributed by atoms with Gasteiger partial charge in [-0.05, 0) is 19.8 Å². The number of hydrogen-bond acceptors (Lipinski definition) is 1. The van der Waals surface area contributed by atoms with E-state index in [1.807, 2.05) is 6.92 Å². The van der Waals surface area contributed by atoms with Gasteiger partial charge in [0.25, 0.3) is 0 Å². The average molecular weight is 222 g/mol. The molecule has 0 N–H and O–H groups in total. The number of carbonyl (C=O) groups is 1. The van der Waals surface area contributed by atoms with Crippen LogP contribution in [0.5, 0.6) is 0 Å². The summed E-state index contributed by atoms with van der Waals surface area (Å²) in [6.07, 6.45) is 14.5.